The molecular weight excluding hydrogens is 592 g/mol. The number of ketones is 1. The van der Waals surface area contributed by atoms with Crippen LogP contribution in [-0.2, 0) is 44.8 Å². The molecule has 0 aliphatic heterocycles. The number of nitrogens with one attached hydrogen (secondary N) is 4. The monoisotopic (exact) mass is 640 g/mol. The van der Waals surface area contributed by atoms with Gasteiger partial charge in [-0.05, 0) is 17.9 Å². The first-order valence-electron chi connectivity index (χ1n) is 14.3. The van der Waals surface area contributed by atoms with Crippen molar-refractivity contribution >= 4 is 47.3 Å². The van der Waals surface area contributed by atoms with E-state index >= 15 is 0 Å². The standard InChI is InChI=1S/C23H32N4O7.C3H6O2.C2H4O2.C2H6/c1-14(2)21(23(34)24-12-17(29)10-9-16-7-5-4-6-8-16)27-19(30)13-25-22(33)18(11-20(31)32)26-15(3)28;1-2-3(4)5;1-2(3)4;1-2/h4-8,14,18,21H,9-13H2,1-3H3,(H,24,34)(H,25,33)(H,26,28)(H,27,30)(H,31,32);2H2,1H3,(H,4,5);1H3,(H,3,4);1-2H3/t18-,21?;;;/m0.../s1. The van der Waals surface area contributed by atoms with E-state index in [1.54, 1.807) is 20.8 Å². The van der Waals surface area contributed by atoms with Gasteiger partial charge in [0.15, 0.2) is 5.78 Å². The van der Waals surface area contributed by atoms with E-state index < -0.39 is 66.6 Å². The number of aryl methyl sites for hydroxylation is 1. The molecule has 7 N–H and O–H groups in total. The zero-order chi connectivity index (χ0) is 35.5. The molecule has 0 fully saturated rings. The summed E-state index contributed by atoms with van der Waals surface area (Å²) in [6, 6.07) is 7.18. The van der Waals surface area contributed by atoms with Crippen LogP contribution in [0.2, 0.25) is 0 Å². The summed E-state index contributed by atoms with van der Waals surface area (Å²) in [6.07, 6.45) is 0.393. The summed E-state index contributed by atoms with van der Waals surface area (Å²) in [6.45, 7) is 10.5. The summed E-state index contributed by atoms with van der Waals surface area (Å²) >= 11 is 0. The first-order valence-corrected chi connectivity index (χ1v) is 14.3. The average molecular weight is 641 g/mol. The highest BCUT2D eigenvalue weighted by Gasteiger charge is 2.26. The number of aliphatic carboxylic acids is 3. The third-order valence-electron chi connectivity index (χ3n) is 5.06. The average Bonchev–Trinajstić information content (AvgIpc) is 2.96. The zero-order valence-electron chi connectivity index (χ0n) is 27.0. The number of carbonyl (C=O) groups is 8. The van der Waals surface area contributed by atoms with Gasteiger partial charge in [-0.2, -0.15) is 0 Å². The second-order valence-corrected chi connectivity index (χ2v) is 9.37. The van der Waals surface area contributed by atoms with E-state index in [9.17, 15) is 33.6 Å². The molecule has 0 aliphatic carbocycles. The minimum absolute atomic E-state index is 0.152. The van der Waals surface area contributed by atoms with Crippen LogP contribution in [0.1, 0.15) is 73.3 Å². The van der Waals surface area contributed by atoms with Gasteiger partial charge in [-0.3, -0.25) is 38.4 Å². The maximum atomic E-state index is 12.5. The van der Waals surface area contributed by atoms with E-state index in [1.807, 2.05) is 44.2 Å². The van der Waals surface area contributed by atoms with Crippen molar-refractivity contribution in [2.45, 2.75) is 86.2 Å². The summed E-state index contributed by atoms with van der Waals surface area (Å²) in [5.74, 6) is -6.00. The fourth-order valence-electron chi connectivity index (χ4n) is 2.99. The van der Waals surface area contributed by atoms with Crippen LogP contribution in [0.15, 0.2) is 30.3 Å². The first kappa shape index (κ1) is 44.6. The molecule has 1 aromatic rings. The number of hydrogen-bond donors (Lipinski definition) is 7. The van der Waals surface area contributed by atoms with Gasteiger partial charge in [-0.25, -0.2) is 0 Å². The molecule has 0 saturated carbocycles. The maximum Gasteiger partial charge on any atom is 0.305 e. The fraction of sp³-hybridized carbons (Fsp3) is 0.533. The Morgan fingerprint density at radius 3 is 1.67 bits per heavy atom. The van der Waals surface area contributed by atoms with E-state index in [0.717, 1.165) is 19.4 Å². The van der Waals surface area contributed by atoms with Gasteiger partial charge in [0.25, 0.3) is 5.97 Å². The summed E-state index contributed by atoms with van der Waals surface area (Å²) in [7, 11) is 0. The molecule has 0 aliphatic rings. The number of carbonyl (C=O) groups excluding carboxylic acids is 5. The highest BCUT2D eigenvalue weighted by molar-refractivity contribution is 5.94. The fourth-order valence-corrected chi connectivity index (χ4v) is 2.99. The molecule has 45 heavy (non-hydrogen) atoms. The third kappa shape index (κ3) is 27.7. The summed E-state index contributed by atoms with van der Waals surface area (Å²) in [4.78, 5) is 89.4. The van der Waals surface area contributed by atoms with Crippen molar-refractivity contribution in [2.75, 3.05) is 13.1 Å². The number of amides is 4. The van der Waals surface area contributed by atoms with Crippen molar-refractivity contribution in [3.63, 3.8) is 0 Å². The second kappa shape index (κ2) is 26.8. The lowest BCUT2D eigenvalue weighted by molar-refractivity contribution is -0.140. The maximum absolute atomic E-state index is 12.5. The Balaban J connectivity index is -0.00000138. The van der Waals surface area contributed by atoms with Crippen LogP contribution in [0.5, 0.6) is 0 Å². The number of carboxylic acid groups (broad SMARTS) is 3. The van der Waals surface area contributed by atoms with Gasteiger partial charge in [-0.15, -0.1) is 0 Å². The van der Waals surface area contributed by atoms with Crippen molar-refractivity contribution in [1.82, 2.24) is 21.3 Å². The van der Waals surface area contributed by atoms with Crippen LogP contribution in [0.25, 0.3) is 0 Å². The van der Waals surface area contributed by atoms with Gasteiger partial charge in [0.2, 0.25) is 23.6 Å². The Morgan fingerprint density at radius 1 is 0.756 bits per heavy atom. The number of benzene rings is 1. The van der Waals surface area contributed by atoms with Crippen LogP contribution in [0.4, 0.5) is 0 Å². The third-order valence-corrected chi connectivity index (χ3v) is 5.06. The van der Waals surface area contributed by atoms with Crippen LogP contribution in [-0.4, -0.2) is 87.8 Å². The van der Waals surface area contributed by atoms with Gasteiger partial charge in [0.05, 0.1) is 19.5 Å². The van der Waals surface area contributed by atoms with Gasteiger partial charge < -0.3 is 36.6 Å². The topological polar surface area (TPSA) is 245 Å². The van der Waals surface area contributed by atoms with E-state index in [0.29, 0.717) is 6.42 Å². The van der Waals surface area contributed by atoms with Crippen LogP contribution in [0.3, 0.4) is 0 Å². The largest absolute Gasteiger partial charge is 0.481 e. The minimum Gasteiger partial charge on any atom is -0.481 e. The van der Waals surface area contributed by atoms with Crippen LogP contribution in [0, 0.1) is 5.92 Å². The lowest BCUT2D eigenvalue weighted by atomic mass is 10.0. The first-order chi connectivity index (χ1) is 21.0. The number of hydrogen-bond acceptors (Lipinski definition) is 8. The predicted molar refractivity (Wildman–Crippen MR) is 165 cm³/mol. The highest BCUT2D eigenvalue weighted by atomic mass is 16.4. The minimum atomic E-state index is -1.34. The highest BCUT2D eigenvalue weighted by Crippen LogP contribution is 2.04. The molecule has 0 heterocycles. The Morgan fingerprint density at radius 2 is 1.24 bits per heavy atom. The molecule has 2 atom stereocenters. The smallest absolute Gasteiger partial charge is 0.305 e. The van der Waals surface area contributed by atoms with Gasteiger partial charge in [0.1, 0.15) is 12.1 Å². The van der Waals surface area contributed by atoms with Crippen molar-refractivity contribution in [1.29, 1.82) is 0 Å². The lowest BCUT2D eigenvalue weighted by Gasteiger charge is -2.22. The molecular formula is C30H48N4O11. The van der Waals surface area contributed by atoms with E-state index in [4.69, 9.17) is 20.1 Å². The van der Waals surface area contributed by atoms with E-state index in [2.05, 4.69) is 21.3 Å². The molecule has 1 aromatic carbocycles. The summed E-state index contributed by atoms with van der Waals surface area (Å²) in [5, 5.41) is 33.5. The van der Waals surface area contributed by atoms with Crippen LogP contribution < -0.4 is 21.3 Å². The SMILES string of the molecule is CC.CC(=O)N[C@@H](CC(=O)O)C(=O)NCC(=O)NC(C(=O)NCC(=O)CCc1ccccc1)C(C)C.CC(=O)O.CCC(=O)O. The van der Waals surface area contributed by atoms with Crippen LogP contribution >= 0.6 is 0 Å². The van der Waals surface area contributed by atoms with E-state index in [1.165, 1.54) is 0 Å². The number of carboxylic acids is 3. The molecule has 0 spiro atoms. The quantitative estimate of drug-likeness (QED) is 0.143. The summed E-state index contributed by atoms with van der Waals surface area (Å²) < 4.78 is 0. The molecule has 1 unspecified atom stereocenters. The molecule has 1 rings (SSSR count). The molecule has 0 saturated heterocycles. The normalized spacial score (nSPS) is 10.8. The Hall–Kier alpha value is -4.82. The van der Waals surface area contributed by atoms with Crippen molar-refractivity contribution in [2.24, 2.45) is 5.92 Å². The van der Waals surface area contributed by atoms with Crippen molar-refractivity contribution < 1.29 is 53.7 Å². The Labute approximate surface area is 263 Å². The zero-order valence-corrected chi connectivity index (χ0v) is 27.0. The predicted octanol–water partition coefficient (Wildman–Crippen LogP) is 1.14. The number of Topliss-reactive ketones (excluding diaryl/α,β-unsaturated/α-hetero) is 1. The molecule has 254 valence electrons. The van der Waals surface area contributed by atoms with Gasteiger partial charge >= 0.3 is 11.9 Å². The molecule has 0 radical (unpaired) electrons. The lowest BCUT2D eigenvalue weighted by Crippen LogP contribution is -2.54. The van der Waals surface area contributed by atoms with Crippen molar-refractivity contribution in [3.8, 4) is 0 Å². The Bertz CT molecular complexity index is 1070. The molecule has 0 aromatic heterocycles. The Kier molecular flexibility index (Phi) is 26.6. The van der Waals surface area contributed by atoms with Crippen molar-refractivity contribution in [3.05, 3.63) is 35.9 Å². The second-order valence-electron chi connectivity index (χ2n) is 9.37. The molecule has 15 heteroatoms. The van der Waals surface area contributed by atoms with Gasteiger partial charge in [0, 0.05) is 26.7 Å². The molecule has 4 amide bonds. The molecule has 0 bridgehead atoms. The number of rotatable bonds is 15. The van der Waals surface area contributed by atoms with Gasteiger partial charge in [-0.1, -0.05) is 65.0 Å². The van der Waals surface area contributed by atoms with E-state index in [-0.39, 0.29) is 31.1 Å². The summed E-state index contributed by atoms with van der Waals surface area (Å²) in [5.41, 5.74) is 1.01. The molecule has 15 nitrogen and oxygen atoms in total.